The number of nitrogens with one attached hydrogen (secondary N) is 2. The Labute approximate surface area is 220 Å². The minimum absolute atomic E-state index is 0.00905. The molecule has 0 bridgehead atoms. The molecular weight excluding hydrogens is 494 g/mol. The summed E-state index contributed by atoms with van der Waals surface area (Å²) in [7, 11) is 0. The van der Waals surface area contributed by atoms with Crippen LogP contribution in [0.3, 0.4) is 0 Å². The van der Waals surface area contributed by atoms with E-state index in [1.165, 1.54) is 37.1 Å². The lowest BCUT2D eigenvalue weighted by atomic mass is 10.1. The molecule has 3 aromatic rings. The molecule has 1 aromatic heterocycles. The van der Waals surface area contributed by atoms with Crippen molar-refractivity contribution in [1.29, 1.82) is 0 Å². The molecule has 4 N–H and O–H groups in total. The first kappa shape index (κ1) is 24.9. The summed E-state index contributed by atoms with van der Waals surface area (Å²) in [5.41, 5.74) is 0.754. The molecule has 3 heterocycles. The first-order chi connectivity index (χ1) is 18.0. The molecule has 0 spiro atoms. The third-order valence-corrected chi connectivity index (χ3v) is 6.83. The van der Waals surface area contributed by atoms with E-state index in [1.807, 2.05) is 0 Å². The van der Waals surface area contributed by atoms with Gasteiger partial charge in [-0.05, 0) is 68.9 Å². The lowest BCUT2D eigenvalue weighted by Crippen LogP contribution is -2.34. The number of aromatic nitrogens is 3. The fourth-order valence-corrected chi connectivity index (χ4v) is 4.78. The smallest absolute Gasteiger partial charge is 0.259 e. The van der Waals surface area contributed by atoms with Crippen LogP contribution in [0.2, 0.25) is 5.02 Å². The van der Waals surface area contributed by atoms with Crippen LogP contribution in [0.25, 0.3) is 0 Å². The van der Waals surface area contributed by atoms with Crippen LogP contribution in [0.15, 0.2) is 36.4 Å². The molecule has 2 fully saturated rings. The van der Waals surface area contributed by atoms with Crippen LogP contribution in [0.1, 0.15) is 48.9 Å². The third kappa shape index (κ3) is 5.96. The maximum absolute atomic E-state index is 12.6. The Morgan fingerprint density at radius 1 is 0.784 bits per heavy atom. The zero-order valence-electron chi connectivity index (χ0n) is 20.5. The first-order valence-electron chi connectivity index (χ1n) is 12.6. The van der Waals surface area contributed by atoms with Gasteiger partial charge in [0.25, 0.3) is 5.91 Å². The second-order valence-corrected chi connectivity index (χ2v) is 9.76. The Balaban J connectivity index is 1.36. The lowest BCUT2D eigenvalue weighted by molar-refractivity contribution is 0.102. The Kier molecular flexibility index (Phi) is 7.45. The molecular formula is C26H30ClN7O3. The number of hydrogen-bond donors (Lipinski definition) is 4. The van der Waals surface area contributed by atoms with Crippen molar-refractivity contribution >= 4 is 46.7 Å². The number of hydrogen-bond acceptors (Lipinski definition) is 9. The van der Waals surface area contributed by atoms with Gasteiger partial charge in [-0.1, -0.05) is 11.6 Å². The summed E-state index contributed by atoms with van der Waals surface area (Å²) >= 11 is 5.94. The van der Waals surface area contributed by atoms with Crippen molar-refractivity contribution in [3.8, 4) is 11.5 Å². The van der Waals surface area contributed by atoms with E-state index in [4.69, 9.17) is 16.6 Å². The lowest BCUT2D eigenvalue weighted by Gasteiger charge is -2.30. The normalized spacial score (nSPS) is 15.9. The van der Waals surface area contributed by atoms with Crippen molar-refractivity contribution in [2.75, 3.05) is 46.6 Å². The van der Waals surface area contributed by atoms with E-state index in [0.29, 0.717) is 28.6 Å². The minimum Gasteiger partial charge on any atom is -0.507 e. The molecule has 0 atom stereocenters. The van der Waals surface area contributed by atoms with Gasteiger partial charge in [0.15, 0.2) is 0 Å². The predicted octanol–water partition coefficient (Wildman–Crippen LogP) is 4.91. The van der Waals surface area contributed by atoms with Crippen LogP contribution in [0, 0.1) is 0 Å². The van der Waals surface area contributed by atoms with E-state index in [9.17, 15) is 15.0 Å². The molecule has 2 aliphatic rings. The van der Waals surface area contributed by atoms with E-state index in [2.05, 4.69) is 30.4 Å². The number of halogens is 1. The zero-order chi connectivity index (χ0) is 25.8. The van der Waals surface area contributed by atoms with Crippen molar-refractivity contribution in [3.05, 3.63) is 47.0 Å². The second-order valence-electron chi connectivity index (χ2n) is 9.33. The molecule has 0 aliphatic carbocycles. The zero-order valence-corrected chi connectivity index (χ0v) is 21.2. The quantitative estimate of drug-likeness (QED) is 0.333. The van der Waals surface area contributed by atoms with E-state index in [-0.39, 0.29) is 22.7 Å². The average Bonchev–Trinajstić information content (AvgIpc) is 2.92. The number of aromatic hydroxyl groups is 2. The molecule has 194 valence electrons. The van der Waals surface area contributed by atoms with Crippen molar-refractivity contribution in [2.45, 2.75) is 38.5 Å². The van der Waals surface area contributed by atoms with Crippen molar-refractivity contribution in [2.24, 2.45) is 0 Å². The summed E-state index contributed by atoms with van der Waals surface area (Å²) in [6, 6.07) is 8.95. The minimum atomic E-state index is -0.592. The first-order valence-corrected chi connectivity index (χ1v) is 13.0. The molecule has 0 unspecified atom stereocenters. The number of rotatable bonds is 6. The summed E-state index contributed by atoms with van der Waals surface area (Å²) in [5, 5.41) is 26.7. The summed E-state index contributed by atoms with van der Waals surface area (Å²) in [6.45, 7) is 3.67. The Morgan fingerprint density at radius 3 is 2.00 bits per heavy atom. The number of phenols is 2. The number of anilines is 5. The molecule has 37 heavy (non-hydrogen) atoms. The van der Waals surface area contributed by atoms with E-state index in [1.54, 1.807) is 12.1 Å². The Bertz CT molecular complexity index is 1240. The van der Waals surface area contributed by atoms with Crippen LogP contribution in [-0.2, 0) is 0 Å². The van der Waals surface area contributed by atoms with Gasteiger partial charge in [0.05, 0.1) is 11.3 Å². The molecule has 2 aromatic carbocycles. The van der Waals surface area contributed by atoms with Crippen molar-refractivity contribution < 1.29 is 15.0 Å². The van der Waals surface area contributed by atoms with Crippen molar-refractivity contribution in [3.63, 3.8) is 0 Å². The largest absolute Gasteiger partial charge is 0.507 e. The number of carbonyl (C=O) groups is 1. The van der Waals surface area contributed by atoms with E-state index in [0.717, 1.165) is 51.9 Å². The number of phenolic OH excluding ortho intramolecular Hbond substituents is 2. The molecule has 2 saturated heterocycles. The highest BCUT2D eigenvalue weighted by molar-refractivity contribution is 6.31. The highest BCUT2D eigenvalue weighted by Crippen LogP contribution is 2.31. The number of carbonyl (C=O) groups excluding carboxylic acids is 1. The maximum Gasteiger partial charge on any atom is 0.259 e. The number of benzene rings is 2. The second kappa shape index (κ2) is 11.1. The monoisotopic (exact) mass is 523 g/mol. The molecule has 2 aliphatic heterocycles. The summed E-state index contributed by atoms with van der Waals surface area (Å²) < 4.78 is 0. The van der Waals surface area contributed by atoms with Gasteiger partial charge in [0.1, 0.15) is 11.5 Å². The van der Waals surface area contributed by atoms with Crippen LogP contribution in [0.4, 0.5) is 29.2 Å². The van der Waals surface area contributed by atoms with Gasteiger partial charge in [-0.3, -0.25) is 4.79 Å². The van der Waals surface area contributed by atoms with Gasteiger partial charge >= 0.3 is 0 Å². The van der Waals surface area contributed by atoms with Gasteiger partial charge in [-0.2, -0.15) is 15.0 Å². The Hall–Kier alpha value is -3.79. The highest BCUT2D eigenvalue weighted by atomic mass is 35.5. The van der Waals surface area contributed by atoms with Gasteiger partial charge in [-0.15, -0.1) is 0 Å². The van der Waals surface area contributed by atoms with Crippen molar-refractivity contribution in [1.82, 2.24) is 15.0 Å². The van der Waals surface area contributed by atoms with Gasteiger partial charge in [0, 0.05) is 43.0 Å². The topological polar surface area (TPSA) is 127 Å². The fraction of sp³-hybridized carbons (Fsp3) is 0.385. The standard InChI is InChI=1S/C26H30ClN7O3/c27-17-7-10-21(35)19(15-17)23(37)29-20-9-8-18(16-22(20)36)28-24-30-25(33-11-3-1-4-12-33)32-26(31-24)34-13-5-2-6-14-34/h7-10,15-16,35-36H,1-6,11-14H2,(H,29,37)(H,28,30,31,32). The van der Waals surface area contributed by atoms with E-state index >= 15 is 0 Å². The maximum atomic E-state index is 12.6. The Morgan fingerprint density at radius 2 is 1.41 bits per heavy atom. The number of amides is 1. The molecule has 0 saturated carbocycles. The van der Waals surface area contributed by atoms with E-state index < -0.39 is 5.91 Å². The van der Waals surface area contributed by atoms with Gasteiger partial charge < -0.3 is 30.6 Å². The number of nitrogens with zero attached hydrogens (tertiary/aromatic N) is 5. The van der Waals surface area contributed by atoms with Gasteiger partial charge in [-0.25, -0.2) is 0 Å². The number of piperidine rings is 2. The predicted molar refractivity (Wildman–Crippen MR) is 144 cm³/mol. The summed E-state index contributed by atoms with van der Waals surface area (Å²) in [5.74, 6) is 0.770. The van der Waals surface area contributed by atoms with Gasteiger partial charge in [0.2, 0.25) is 17.8 Å². The average molecular weight is 524 g/mol. The SMILES string of the molecule is O=C(Nc1ccc(Nc2nc(N3CCCCC3)nc(N3CCCCC3)n2)cc1O)c1cc(Cl)ccc1O. The third-order valence-electron chi connectivity index (χ3n) is 6.59. The fourth-order valence-electron chi connectivity index (χ4n) is 4.60. The van der Waals surface area contributed by atoms with Crippen LogP contribution in [-0.4, -0.2) is 57.3 Å². The molecule has 0 radical (unpaired) electrons. The highest BCUT2D eigenvalue weighted by Gasteiger charge is 2.21. The van der Waals surface area contributed by atoms with Crippen LogP contribution < -0.4 is 20.4 Å². The molecule has 1 amide bonds. The molecule has 11 heteroatoms. The van der Waals surface area contributed by atoms with Crippen LogP contribution >= 0.6 is 11.6 Å². The molecule has 10 nitrogen and oxygen atoms in total. The molecule has 5 rings (SSSR count). The summed E-state index contributed by atoms with van der Waals surface area (Å²) in [6.07, 6.45) is 6.88. The van der Waals surface area contributed by atoms with Crippen LogP contribution in [0.5, 0.6) is 11.5 Å². The summed E-state index contributed by atoms with van der Waals surface area (Å²) in [4.78, 5) is 31.1.